The first-order chi connectivity index (χ1) is 4.73. The first-order valence-corrected chi connectivity index (χ1v) is 3.35. The molecule has 0 aliphatic heterocycles. The Hall–Kier alpha value is 0.0297. The van der Waals surface area contributed by atoms with Crippen molar-refractivity contribution >= 4 is 10.6 Å². The average Bonchev–Trinajstić information content (AvgIpc) is 1.90. The summed E-state index contributed by atoms with van der Waals surface area (Å²) in [7, 11) is -3.11. The minimum absolute atomic E-state index is 0. The first kappa shape index (κ1) is 13.6. The van der Waals surface area contributed by atoms with Crippen molar-refractivity contribution in [2.75, 3.05) is 0 Å². The monoisotopic (exact) mass is 199 g/mol. The third kappa shape index (κ3) is 17.8. The minimum atomic E-state index is -3.11. The van der Waals surface area contributed by atoms with Gasteiger partial charge in [-0.15, -0.1) is 12.6 Å². The van der Waals surface area contributed by atoms with Gasteiger partial charge < -0.3 is 0 Å². The van der Waals surface area contributed by atoms with Gasteiger partial charge in [-0.25, -0.2) is 0 Å². The Kier molecular flexibility index (Phi) is 12.4. The van der Waals surface area contributed by atoms with Crippen molar-refractivity contribution in [3.05, 3.63) is 30.6 Å². The predicted molar refractivity (Wildman–Crippen MR) is 33.9 cm³/mol. The van der Waals surface area contributed by atoms with Crippen LogP contribution in [0.15, 0.2) is 30.6 Å². The molecule has 1 heterocycles. The van der Waals surface area contributed by atoms with Crippen molar-refractivity contribution in [2.24, 2.45) is 0 Å². The minimum Gasteiger partial charge on any atom is -0.265 e. The molecule has 6 heteroatoms. The van der Waals surface area contributed by atoms with Crippen molar-refractivity contribution in [1.29, 1.82) is 0 Å². The van der Waals surface area contributed by atoms with E-state index in [0.29, 0.717) is 0 Å². The van der Waals surface area contributed by atoms with E-state index in [9.17, 15) is 0 Å². The number of rotatable bonds is 0. The molecule has 0 aromatic carbocycles. The Balaban J connectivity index is 0. The molecule has 1 rings (SSSR count). The number of hydrogen-bond donors (Lipinski definition) is 0. The van der Waals surface area contributed by atoms with E-state index in [-0.39, 0.29) is 37.7 Å². The van der Waals surface area contributed by atoms with Gasteiger partial charge in [-0.1, -0.05) is 6.07 Å². The first-order valence-electron chi connectivity index (χ1n) is 2.35. The van der Waals surface area contributed by atoms with Crippen LogP contribution in [-0.4, -0.2) is 17.6 Å². The van der Waals surface area contributed by atoms with Crippen LogP contribution in [0.1, 0.15) is 0 Å². The van der Waals surface area contributed by atoms with Gasteiger partial charge in [0.2, 0.25) is 0 Å². The van der Waals surface area contributed by atoms with Crippen LogP contribution in [0.2, 0.25) is 0 Å². The zero-order valence-corrected chi connectivity index (χ0v) is 6.84. The largest absolute Gasteiger partial charge is 0.425 e. The molecule has 0 N–H and O–H groups in total. The van der Waals surface area contributed by atoms with Gasteiger partial charge in [-0.3, -0.25) is 4.98 Å². The average molecular weight is 199 g/mol. The Morgan fingerprint density at radius 2 is 1.27 bits per heavy atom. The molecule has 1 aromatic heterocycles. The van der Waals surface area contributed by atoms with Gasteiger partial charge in [0.1, 0.15) is 0 Å². The topological polar surface area (TPSA) is 64.1 Å². The fraction of sp³-hybridized carbons (Fsp3) is 0. The van der Waals surface area contributed by atoms with Crippen LogP contribution in [0.25, 0.3) is 0 Å². The van der Waals surface area contributed by atoms with Crippen LogP contribution < -0.4 is 0 Å². The van der Waals surface area contributed by atoms with Crippen LogP contribution in [-0.2, 0) is 10.6 Å². The van der Waals surface area contributed by atoms with Crippen molar-refractivity contribution < 1.29 is 50.4 Å². The molecule has 0 spiro atoms. The molecule has 1 aromatic rings. The van der Waals surface area contributed by atoms with Gasteiger partial charge in [0.15, 0.2) is 0 Å². The summed E-state index contributed by atoms with van der Waals surface area (Å²) in [5.74, 6) is 0. The summed E-state index contributed by atoms with van der Waals surface area (Å²) in [4.78, 5) is 3.78. The van der Waals surface area contributed by atoms with Gasteiger partial charge in [0, 0.05) is 50.1 Å². The molecule has 0 radical (unpaired) electrons. The summed E-state index contributed by atoms with van der Waals surface area (Å²) in [6, 6.07) is 5.72. The third-order valence-electron chi connectivity index (χ3n) is 0.566. The molecule has 0 aliphatic carbocycles. The summed E-state index contributed by atoms with van der Waals surface area (Å²) in [5, 5.41) is 0. The van der Waals surface area contributed by atoms with E-state index in [1.807, 2.05) is 18.2 Å². The summed E-state index contributed by atoms with van der Waals surface area (Å²) in [6.45, 7) is 0. The van der Waals surface area contributed by atoms with Crippen LogP contribution in [0, 0.1) is 37.7 Å². The van der Waals surface area contributed by atoms with Crippen molar-refractivity contribution in [3.8, 4) is 0 Å². The van der Waals surface area contributed by atoms with Crippen LogP contribution in [0.4, 0.5) is 0 Å². The molecular weight excluding hydrogens is 194 g/mol. The summed E-state index contributed by atoms with van der Waals surface area (Å²) in [6.07, 6.45) is 3.50. The van der Waals surface area contributed by atoms with E-state index in [4.69, 9.17) is 12.6 Å². The van der Waals surface area contributed by atoms with Gasteiger partial charge in [-0.2, -0.15) is 0 Å². The molecule has 0 aliphatic rings. The fourth-order valence-electron chi connectivity index (χ4n) is 0.313. The van der Waals surface area contributed by atoms with Crippen molar-refractivity contribution in [1.82, 2.24) is 4.98 Å². The summed E-state index contributed by atoms with van der Waals surface area (Å²) < 4.78 is 25.3. The number of nitrogens with zero attached hydrogens (tertiary/aromatic N) is 1. The van der Waals surface area contributed by atoms with Crippen LogP contribution >= 0.6 is 0 Å². The number of aromatic nitrogens is 1. The zero-order valence-electron chi connectivity index (χ0n) is 5.32. The van der Waals surface area contributed by atoms with Crippen LogP contribution in [0.5, 0.6) is 0 Å². The molecule has 62 valence electrons. The number of hydrogen-bond acceptors (Lipinski definition) is 4. The maximum absolute atomic E-state index is 8.44. The van der Waals surface area contributed by atoms with E-state index < -0.39 is 10.6 Å². The SMILES string of the molecule is O=S(=O)=O.[Ar].c1ccncc1. The van der Waals surface area contributed by atoms with E-state index in [1.54, 1.807) is 12.4 Å². The second-order valence-corrected chi connectivity index (χ2v) is 1.64. The summed E-state index contributed by atoms with van der Waals surface area (Å²) >= 11 is 0. The normalized spacial score (nSPS) is 6.55. The van der Waals surface area contributed by atoms with Crippen LogP contribution in [0.3, 0.4) is 0 Å². The van der Waals surface area contributed by atoms with E-state index in [1.165, 1.54) is 0 Å². The Bertz CT molecular complexity index is 225. The molecule has 0 bridgehead atoms. The maximum Gasteiger partial charge on any atom is 0.425 e. The fourth-order valence-corrected chi connectivity index (χ4v) is 0.313. The van der Waals surface area contributed by atoms with Crippen molar-refractivity contribution in [3.63, 3.8) is 0 Å². The molecule has 0 saturated carbocycles. The van der Waals surface area contributed by atoms with Gasteiger partial charge in [-0.05, 0) is 12.1 Å². The second kappa shape index (κ2) is 10.0. The summed E-state index contributed by atoms with van der Waals surface area (Å²) in [5.41, 5.74) is 0. The molecule has 0 saturated heterocycles. The van der Waals surface area contributed by atoms with Gasteiger partial charge in [0.25, 0.3) is 0 Å². The van der Waals surface area contributed by atoms with Gasteiger partial charge >= 0.3 is 10.6 Å². The van der Waals surface area contributed by atoms with Crippen molar-refractivity contribution in [2.45, 2.75) is 0 Å². The predicted octanol–water partition coefficient (Wildman–Crippen LogP) is 0.0775. The molecule has 0 amide bonds. The van der Waals surface area contributed by atoms with E-state index in [2.05, 4.69) is 4.98 Å². The molecular formula is C5H5ArNO3S. The second-order valence-electron chi connectivity index (χ2n) is 1.23. The Morgan fingerprint density at radius 1 is 0.909 bits per heavy atom. The number of pyridine rings is 1. The Morgan fingerprint density at radius 3 is 1.36 bits per heavy atom. The quantitative estimate of drug-likeness (QED) is 0.593. The third-order valence-corrected chi connectivity index (χ3v) is 0.566. The molecule has 0 fully saturated rings. The van der Waals surface area contributed by atoms with E-state index in [0.717, 1.165) is 0 Å². The maximum atomic E-state index is 8.44. The smallest absolute Gasteiger partial charge is 0.265 e. The molecule has 0 atom stereocenters. The molecule has 0 unspecified atom stereocenters. The Labute approximate surface area is 95.7 Å². The molecule has 11 heavy (non-hydrogen) atoms. The van der Waals surface area contributed by atoms with E-state index >= 15 is 0 Å². The molecule has 4 nitrogen and oxygen atoms in total. The standard InChI is InChI=1S/C5H5N.Ar.O3S/c1-2-4-6-5-3-1;;1-4(2)3/h1-5H;;. The van der Waals surface area contributed by atoms with Gasteiger partial charge in [0.05, 0.1) is 0 Å². The zero-order chi connectivity index (χ0) is 7.82.